The van der Waals surface area contributed by atoms with Crippen molar-refractivity contribution >= 4 is 15.6 Å². The molecule has 4 nitrogen and oxygen atoms in total. The fourth-order valence-corrected chi connectivity index (χ4v) is 2.34. The number of hydrogen-bond donors (Lipinski definition) is 0. The van der Waals surface area contributed by atoms with E-state index in [-0.39, 0.29) is 17.3 Å². The summed E-state index contributed by atoms with van der Waals surface area (Å²) in [6.45, 7) is 3.40. The van der Waals surface area contributed by atoms with Crippen molar-refractivity contribution in [2.24, 2.45) is 0 Å². The van der Waals surface area contributed by atoms with E-state index in [9.17, 15) is 13.2 Å². The van der Waals surface area contributed by atoms with Gasteiger partial charge in [-0.3, -0.25) is 4.79 Å². The molecule has 0 fully saturated rings. The summed E-state index contributed by atoms with van der Waals surface area (Å²) in [5, 5.41) is 0. The maximum absolute atomic E-state index is 11.3. The Hall–Kier alpha value is -1.36. The van der Waals surface area contributed by atoms with E-state index in [1.54, 1.807) is 31.2 Å². The molecular weight excluding hydrogens is 252 g/mol. The highest BCUT2D eigenvalue weighted by atomic mass is 32.2. The van der Waals surface area contributed by atoms with Gasteiger partial charge in [0, 0.05) is 5.75 Å². The molecule has 0 aromatic heterocycles. The molecule has 0 saturated carbocycles. The van der Waals surface area contributed by atoms with Gasteiger partial charge >= 0.3 is 0 Å². The van der Waals surface area contributed by atoms with E-state index in [0.29, 0.717) is 24.3 Å². The molecule has 0 radical (unpaired) electrons. The van der Waals surface area contributed by atoms with Gasteiger partial charge in [-0.05, 0) is 25.5 Å². The quantitative estimate of drug-likeness (QED) is 0.562. The largest absolute Gasteiger partial charge is 0.493 e. The molecule has 0 N–H and O–H groups in total. The Bertz CT molecular complexity index is 505. The number of ether oxygens (including phenoxy) is 1. The summed E-state index contributed by atoms with van der Waals surface area (Å²) < 4.78 is 28.0. The van der Waals surface area contributed by atoms with Gasteiger partial charge in [0.05, 0.1) is 17.9 Å². The molecule has 0 aliphatic rings. The number of rotatable bonds is 7. The van der Waals surface area contributed by atoms with Crippen molar-refractivity contribution in [1.29, 1.82) is 0 Å². The van der Waals surface area contributed by atoms with Crippen LogP contribution in [0, 0.1) is 0 Å². The highest BCUT2D eigenvalue weighted by Crippen LogP contribution is 2.18. The summed E-state index contributed by atoms with van der Waals surface area (Å²) in [6, 6.07) is 6.96. The first kappa shape index (κ1) is 14.7. The number of Topliss-reactive ketones (excluding diaryl/α,β-unsaturated/α-hetero) is 1. The van der Waals surface area contributed by atoms with Crippen LogP contribution >= 0.6 is 0 Å². The van der Waals surface area contributed by atoms with Gasteiger partial charge in [-0.15, -0.1) is 0 Å². The van der Waals surface area contributed by atoms with Crippen LogP contribution < -0.4 is 4.74 Å². The van der Waals surface area contributed by atoms with Crippen molar-refractivity contribution < 1.29 is 17.9 Å². The number of hydrogen-bond acceptors (Lipinski definition) is 4. The molecule has 0 atom stereocenters. The van der Waals surface area contributed by atoms with Gasteiger partial charge in [-0.2, -0.15) is 0 Å². The van der Waals surface area contributed by atoms with Crippen molar-refractivity contribution in [2.75, 3.05) is 18.1 Å². The molecule has 100 valence electrons. The number of para-hydroxylation sites is 1. The van der Waals surface area contributed by atoms with Crippen molar-refractivity contribution in [3.8, 4) is 5.75 Å². The molecule has 1 aromatic carbocycles. The molecular formula is C13H18O4S. The molecule has 5 heteroatoms. The smallest absolute Gasteiger partial charge is 0.163 e. The van der Waals surface area contributed by atoms with Crippen molar-refractivity contribution in [3.63, 3.8) is 0 Å². The Morgan fingerprint density at radius 1 is 1.28 bits per heavy atom. The number of carbonyl (C=O) groups excluding carboxylic acids is 1. The minimum atomic E-state index is -2.95. The maximum Gasteiger partial charge on any atom is 0.163 e. The maximum atomic E-state index is 11.3. The summed E-state index contributed by atoms with van der Waals surface area (Å²) >= 11 is 0. The van der Waals surface area contributed by atoms with Crippen LogP contribution in [-0.4, -0.2) is 32.3 Å². The zero-order valence-corrected chi connectivity index (χ0v) is 11.5. The summed E-state index contributed by atoms with van der Waals surface area (Å²) in [5.41, 5.74) is 0.524. The van der Waals surface area contributed by atoms with E-state index in [1.165, 1.54) is 6.92 Å². The number of ketones is 1. The lowest BCUT2D eigenvalue weighted by Crippen LogP contribution is -2.12. The monoisotopic (exact) mass is 270 g/mol. The average Bonchev–Trinajstić information content (AvgIpc) is 2.35. The Balaban J connectivity index is 2.52. The third kappa shape index (κ3) is 4.49. The molecule has 0 spiro atoms. The first-order chi connectivity index (χ1) is 8.46. The number of sulfone groups is 1. The van der Waals surface area contributed by atoms with E-state index in [0.717, 1.165) is 0 Å². The van der Waals surface area contributed by atoms with Gasteiger partial charge in [0.1, 0.15) is 15.6 Å². The molecule has 1 rings (SSSR count). The number of benzene rings is 1. The van der Waals surface area contributed by atoms with E-state index in [1.807, 2.05) is 0 Å². The second-order valence-electron chi connectivity index (χ2n) is 3.99. The van der Waals surface area contributed by atoms with Crippen molar-refractivity contribution in [1.82, 2.24) is 0 Å². The van der Waals surface area contributed by atoms with Crippen LogP contribution in [0.15, 0.2) is 24.3 Å². The Morgan fingerprint density at radius 3 is 2.56 bits per heavy atom. The topological polar surface area (TPSA) is 60.4 Å². The second-order valence-corrected chi connectivity index (χ2v) is 6.46. The average molecular weight is 270 g/mol. The summed E-state index contributed by atoms with van der Waals surface area (Å²) in [5.74, 6) is 0.716. The van der Waals surface area contributed by atoms with E-state index < -0.39 is 9.84 Å². The molecule has 0 bridgehead atoms. The zero-order chi connectivity index (χ0) is 13.6. The third-order valence-corrected chi connectivity index (χ3v) is 4.35. The molecule has 0 aliphatic carbocycles. The lowest BCUT2D eigenvalue weighted by Gasteiger charge is -2.09. The van der Waals surface area contributed by atoms with Crippen LogP contribution in [0.1, 0.15) is 30.6 Å². The van der Waals surface area contributed by atoms with Crippen molar-refractivity contribution in [2.45, 2.75) is 20.3 Å². The van der Waals surface area contributed by atoms with Gasteiger partial charge in [-0.1, -0.05) is 19.1 Å². The summed E-state index contributed by atoms with van der Waals surface area (Å²) in [7, 11) is -2.95. The van der Waals surface area contributed by atoms with Gasteiger partial charge in [-0.25, -0.2) is 8.42 Å². The first-order valence-corrected chi connectivity index (χ1v) is 7.71. The summed E-state index contributed by atoms with van der Waals surface area (Å²) in [6.07, 6.45) is 0.433. The molecule has 0 amide bonds. The third-order valence-electron chi connectivity index (χ3n) is 2.56. The van der Waals surface area contributed by atoms with Crippen LogP contribution in [0.3, 0.4) is 0 Å². The molecule has 0 unspecified atom stereocenters. The normalized spacial score (nSPS) is 11.2. The molecule has 0 heterocycles. The van der Waals surface area contributed by atoms with Crippen LogP contribution in [-0.2, 0) is 9.84 Å². The van der Waals surface area contributed by atoms with Crippen LogP contribution in [0.2, 0.25) is 0 Å². The highest BCUT2D eigenvalue weighted by Gasteiger charge is 2.09. The minimum Gasteiger partial charge on any atom is -0.493 e. The van der Waals surface area contributed by atoms with Crippen LogP contribution in [0.5, 0.6) is 5.75 Å². The van der Waals surface area contributed by atoms with Crippen LogP contribution in [0.4, 0.5) is 0 Å². The molecule has 0 aliphatic heterocycles. The predicted octanol–water partition coefficient (Wildman–Crippen LogP) is 2.09. The van der Waals surface area contributed by atoms with Crippen LogP contribution in [0.25, 0.3) is 0 Å². The SMILES string of the molecule is CCS(=O)(=O)CCCOc1ccccc1C(C)=O. The van der Waals surface area contributed by atoms with Gasteiger partial charge in [0.15, 0.2) is 5.78 Å². The fourth-order valence-electron chi connectivity index (χ4n) is 1.49. The van der Waals surface area contributed by atoms with Gasteiger partial charge in [0.2, 0.25) is 0 Å². The zero-order valence-electron chi connectivity index (χ0n) is 10.7. The Morgan fingerprint density at radius 2 is 1.94 bits per heavy atom. The highest BCUT2D eigenvalue weighted by molar-refractivity contribution is 7.91. The van der Waals surface area contributed by atoms with E-state index >= 15 is 0 Å². The van der Waals surface area contributed by atoms with Crippen molar-refractivity contribution in [3.05, 3.63) is 29.8 Å². The molecule has 18 heavy (non-hydrogen) atoms. The minimum absolute atomic E-state index is 0.0632. The second kappa shape index (κ2) is 6.54. The Kier molecular flexibility index (Phi) is 5.34. The van der Waals surface area contributed by atoms with E-state index in [4.69, 9.17) is 4.74 Å². The molecule has 0 saturated heterocycles. The number of carbonyl (C=O) groups is 1. The van der Waals surface area contributed by atoms with Gasteiger partial charge in [0.25, 0.3) is 0 Å². The fraction of sp³-hybridized carbons (Fsp3) is 0.462. The van der Waals surface area contributed by atoms with Gasteiger partial charge < -0.3 is 4.74 Å². The Labute approximate surface area is 108 Å². The lowest BCUT2D eigenvalue weighted by atomic mass is 10.1. The molecule has 1 aromatic rings. The first-order valence-electron chi connectivity index (χ1n) is 5.89. The standard InChI is InChI=1S/C13H18O4S/c1-3-18(15,16)10-6-9-17-13-8-5-4-7-12(13)11(2)14/h4-5,7-8H,3,6,9-10H2,1-2H3. The van der Waals surface area contributed by atoms with E-state index in [2.05, 4.69) is 0 Å². The predicted molar refractivity (Wildman–Crippen MR) is 70.9 cm³/mol. The summed E-state index contributed by atoms with van der Waals surface area (Å²) in [4.78, 5) is 11.3. The lowest BCUT2D eigenvalue weighted by molar-refractivity contribution is 0.101.